The fourth-order valence-electron chi connectivity index (χ4n) is 1.35. The average molecular weight is 245 g/mol. The summed E-state index contributed by atoms with van der Waals surface area (Å²) < 4.78 is 29.7. The Labute approximate surface area is 96.8 Å². The fraction of sp³-hybridized carbons (Fsp3) is 0.400. The predicted octanol–water partition coefficient (Wildman–Crippen LogP) is 1.24. The highest BCUT2D eigenvalue weighted by Crippen LogP contribution is 2.23. The summed E-state index contributed by atoms with van der Waals surface area (Å²) in [4.78, 5) is 15.0. The van der Waals surface area contributed by atoms with Crippen molar-refractivity contribution in [1.82, 2.24) is 4.98 Å². The van der Waals surface area contributed by atoms with E-state index in [-0.39, 0.29) is 30.1 Å². The van der Waals surface area contributed by atoms with Crippen LogP contribution in [0.25, 0.3) is 0 Å². The minimum atomic E-state index is -2.76. The molecule has 5 nitrogen and oxygen atoms in total. The smallest absolute Gasteiger partial charge is 0.342 e. The molecule has 0 spiro atoms. The number of pyridine rings is 1. The number of nitrogen functional groups attached to an aromatic ring is 1. The zero-order valence-corrected chi connectivity index (χ0v) is 9.24. The minimum Gasteiger partial charge on any atom is -0.462 e. The van der Waals surface area contributed by atoms with Gasteiger partial charge in [0, 0.05) is 6.54 Å². The molecule has 0 aromatic carbocycles. The van der Waals surface area contributed by atoms with Gasteiger partial charge in [0.2, 0.25) is 0 Å². The van der Waals surface area contributed by atoms with Gasteiger partial charge in [0.1, 0.15) is 17.1 Å². The van der Waals surface area contributed by atoms with Crippen molar-refractivity contribution >= 4 is 11.8 Å². The molecule has 0 aliphatic rings. The Morgan fingerprint density at radius 1 is 1.59 bits per heavy atom. The van der Waals surface area contributed by atoms with E-state index < -0.39 is 18.1 Å². The van der Waals surface area contributed by atoms with Crippen LogP contribution in [0.4, 0.5) is 14.6 Å². The number of aromatic nitrogens is 1. The molecule has 0 bridgehead atoms. The lowest BCUT2D eigenvalue weighted by Gasteiger charge is -2.11. The van der Waals surface area contributed by atoms with Crippen LogP contribution in [0.15, 0.2) is 6.07 Å². The molecule has 4 N–H and O–H groups in total. The van der Waals surface area contributed by atoms with Crippen molar-refractivity contribution in [2.45, 2.75) is 19.9 Å². The van der Waals surface area contributed by atoms with Crippen LogP contribution in [0.2, 0.25) is 0 Å². The number of alkyl halides is 2. The quantitative estimate of drug-likeness (QED) is 0.778. The first-order chi connectivity index (χ1) is 8.01. The Morgan fingerprint density at radius 2 is 2.24 bits per heavy atom. The maximum absolute atomic E-state index is 12.5. The number of carbonyl (C=O) groups excluding carboxylic acids is 1. The summed E-state index contributed by atoms with van der Waals surface area (Å²) in [5.41, 5.74) is 10.5. The summed E-state index contributed by atoms with van der Waals surface area (Å²) in [6, 6.07) is 1.06. The second-order valence-corrected chi connectivity index (χ2v) is 3.19. The van der Waals surface area contributed by atoms with E-state index in [9.17, 15) is 13.6 Å². The molecule has 1 aromatic rings. The number of esters is 1. The van der Waals surface area contributed by atoms with Gasteiger partial charge in [0.25, 0.3) is 6.43 Å². The molecule has 0 radical (unpaired) electrons. The van der Waals surface area contributed by atoms with Crippen molar-refractivity contribution in [2.24, 2.45) is 5.73 Å². The maximum Gasteiger partial charge on any atom is 0.342 e. The van der Waals surface area contributed by atoms with Crippen molar-refractivity contribution in [3.63, 3.8) is 0 Å². The fourth-order valence-corrected chi connectivity index (χ4v) is 1.35. The van der Waals surface area contributed by atoms with Gasteiger partial charge >= 0.3 is 5.97 Å². The van der Waals surface area contributed by atoms with Crippen molar-refractivity contribution < 1.29 is 18.3 Å². The summed E-state index contributed by atoms with van der Waals surface area (Å²) in [6.45, 7) is 1.68. The molecule has 17 heavy (non-hydrogen) atoms. The lowest BCUT2D eigenvalue weighted by atomic mass is 10.1. The Balaban J connectivity index is 3.25. The van der Waals surface area contributed by atoms with E-state index in [2.05, 4.69) is 4.98 Å². The normalized spacial score (nSPS) is 10.6. The van der Waals surface area contributed by atoms with Crippen molar-refractivity contribution in [3.8, 4) is 0 Å². The average Bonchev–Trinajstić information content (AvgIpc) is 2.27. The largest absolute Gasteiger partial charge is 0.462 e. The third-order valence-corrected chi connectivity index (χ3v) is 2.07. The van der Waals surface area contributed by atoms with E-state index in [4.69, 9.17) is 16.2 Å². The van der Waals surface area contributed by atoms with Crippen molar-refractivity contribution in [3.05, 3.63) is 22.9 Å². The highest BCUT2D eigenvalue weighted by molar-refractivity contribution is 5.95. The molecule has 0 unspecified atom stereocenters. The van der Waals surface area contributed by atoms with Crippen LogP contribution in [0.1, 0.15) is 35.0 Å². The number of anilines is 1. The van der Waals surface area contributed by atoms with Gasteiger partial charge in [-0.1, -0.05) is 0 Å². The van der Waals surface area contributed by atoms with Crippen LogP contribution >= 0.6 is 0 Å². The van der Waals surface area contributed by atoms with Crippen LogP contribution in [0.3, 0.4) is 0 Å². The molecular weight excluding hydrogens is 232 g/mol. The summed E-state index contributed by atoms with van der Waals surface area (Å²) in [7, 11) is 0. The van der Waals surface area contributed by atoms with Crippen molar-refractivity contribution in [2.75, 3.05) is 12.3 Å². The van der Waals surface area contributed by atoms with Crippen molar-refractivity contribution in [1.29, 1.82) is 0 Å². The highest BCUT2D eigenvalue weighted by atomic mass is 19.3. The summed E-state index contributed by atoms with van der Waals surface area (Å²) >= 11 is 0. The first-order valence-corrected chi connectivity index (χ1v) is 4.95. The van der Waals surface area contributed by atoms with E-state index in [1.165, 1.54) is 0 Å². The molecule has 1 aromatic heterocycles. The second-order valence-electron chi connectivity index (χ2n) is 3.19. The van der Waals surface area contributed by atoms with Crippen LogP contribution in [-0.2, 0) is 11.3 Å². The molecule has 0 amide bonds. The molecule has 7 heteroatoms. The lowest BCUT2D eigenvalue weighted by Crippen LogP contribution is -2.16. The van der Waals surface area contributed by atoms with Crippen LogP contribution < -0.4 is 11.5 Å². The van der Waals surface area contributed by atoms with Gasteiger partial charge in [-0.3, -0.25) is 0 Å². The number of nitrogens with two attached hydrogens (primary N) is 2. The predicted molar refractivity (Wildman–Crippen MR) is 57.5 cm³/mol. The zero-order valence-electron chi connectivity index (χ0n) is 9.24. The van der Waals surface area contributed by atoms with Gasteiger partial charge in [0.05, 0.1) is 6.61 Å². The van der Waals surface area contributed by atoms with Gasteiger partial charge in [0.15, 0.2) is 0 Å². The standard InChI is InChI=1S/C10H13F2N3O2/c1-2-17-10(16)7-5(4-13)3-6(8(11)12)15-9(7)14/h3,8H,2,4,13H2,1H3,(H2,14,15). The molecule has 0 atom stereocenters. The third kappa shape index (κ3) is 2.88. The van der Waals surface area contributed by atoms with E-state index in [0.29, 0.717) is 0 Å². The molecule has 0 aliphatic heterocycles. The number of hydrogen-bond acceptors (Lipinski definition) is 5. The number of nitrogens with zero attached hydrogens (tertiary/aromatic N) is 1. The second kappa shape index (κ2) is 5.53. The van der Waals surface area contributed by atoms with E-state index in [0.717, 1.165) is 6.07 Å². The molecular formula is C10H13F2N3O2. The molecule has 0 saturated heterocycles. The molecule has 0 fully saturated rings. The summed E-state index contributed by atoms with van der Waals surface area (Å²) in [5, 5.41) is 0. The van der Waals surface area contributed by atoms with Gasteiger partial charge in [-0.25, -0.2) is 18.6 Å². The first kappa shape index (κ1) is 13.3. The molecule has 1 rings (SSSR count). The summed E-state index contributed by atoms with van der Waals surface area (Å²) in [6.07, 6.45) is -2.76. The van der Waals surface area contributed by atoms with E-state index >= 15 is 0 Å². The Kier molecular flexibility index (Phi) is 4.33. The first-order valence-electron chi connectivity index (χ1n) is 4.95. The minimum absolute atomic E-state index is 0.0428. The van der Waals surface area contributed by atoms with Crippen LogP contribution in [0, 0.1) is 0 Å². The Hall–Kier alpha value is -1.76. The number of halogens is 2. The van der Waals surface area contributed by atoms with E-state index in [1.54, 1.807) is 6.92 Å². The topological polar surface area (TPSA) is 91.2 Å². The maximum atomic E-state index is 12.5. The highest BCUT2D eigenvalue weighted by Gasteiger charge is 2.20. The van der Waals surface area contributed by atoms with Gasteiger partial charge in [-0.2, -0.15) is 0 Å². The summed E-state index contributed by atoms with van der Waals surface area (Å²) in [5.74, 6) is -1.000. The number of hydrogen-bond donors (Lipinski definition) is 2. The van der Waals surface area contributed by atoms with Gasteiger partial charge in [-0.15, -0.1) is 0 Å². The monoisotopic (exact) mass is 245 g/mol. The lowest BCUT2D eigenvalue weighted by molar-refractivity contribution is 0.0525. The van der Waals surface area contributed by atoms with Crippen LogP contribution in [-0.4, -0.2) is 17.6 Å². The third-order valence-electron chi connectivity index (χ3n) is 2.07. The van der Waals surface area contributed by atoms with Gasteiger partial charge in [-0.05, 0) is 18.6 Å². The Bertz CT molecular complexity index is 424. The zero-order chi connectivity index (χ0) is 13.0. The Morgan fingerprint density at radius 3 is 2.71 bits per heavy atom. The molecule has 1 heterocycles. The number of rotatable bonds is 4. The van der Waals surface area contributed by atoms with Gasteiger partial charge < -0.3 is 16.2 Å². The van der Waals surface area contributed by atoms with E-state index in [1.807, 2.05) is 0 Å². The SMILES string of the molecule is CCOC(=O)c1c(CN)cc(C(F)F)nc1N. The molecule has 0 saturated carbocycles. The molecule has 94 valence electrons. The number of carbonyl (C=O) groups is 1. The molecule has 0 aliphatic carbocycles. The van der Waals surface area contributed by atoms with Crippen LogP contribution in [0.5, 0.6) is 0 Å². The number of ether oxygens (including phenoxy) is 1.